The molecule has 1 amide bonds. The van der Waals surface area contributed by atoms with E-state index in [1.54, 1.807) is 17.0 Å². The molecule has 0 atom stereocenters. The third-order valence-electron chi connectivity index (χ3n) is 5.61. The van der Waals surface area contributed by atoms with Gasteiger partial charge in [-0.15, -0.1) is 0 Å². The third kappa shape index (κ3) is 5.04. The lowest BCUT2D eigenvalue weighted by atomic mass is 10.1. The van der Waals surface area contributed by atoms with E-state index in [-0.39, 0.29) is 18.3 Å². The maximum absolute atomic E-state index is 14.3. The molecule has 4 nitrogen and oxygen atoms in total. The van der Waals surface area contributed by atoms with Gasteiger partial charge < -0.3 is 9.64 Å². The van der Waals surface area contributed by atoms with Crippen molar-refractivity contribution in [2.75, 3.05) is 39.4 Å². The van der Waals surface area contributed by atoms with E-state index in [0.29, 0.717) is 17.7 Å². The standard InChI is InChI=1S/C25H27FN2O2/c26-24-9-4-3-8-23(24)19-28(13-5-12-27-14-16-30-17-15-27)25(29)22-11-10-20-6-1-2-7-21(20)18-22/h1-4,6-11,18H,5,12-17,19H2. The third-order valence-corrected chi connectivity index (χ3v) is 5.61. The zero-order valence-corrected chi connectivity index (χ0v) is 17.1. The molecule has 1 aliphatic heterocycles. The molecule has 1 saturated heterocycles. The first-order chi connectivity index (χ1) is 14.7. The van der Waals surface area contributed by atoms with Crippen LogP contribution in [0.4, 0.5) is 4.39 Å². The average molecular weight is 407 g/mol. The minimum atomic E-state index is -0.276. The molecular formula is C25H27FN2O2. The Morgan fingerprint density at radius 1 is 0.967 bits per heavy atom. The smallest absolute Gasteiger partial charge is 0.254 e. The predicted molar refractivity (Wildman–Crippen MR) is 117 cm³/mol. The van der Waals surface area contributed by atoms with Crippen LogP contribution in [0.1, 0.15) is 22.3 Å². The first-order valence-corrected chi connectivity index (χ1v) is 10.5. The summed E-state index contributed by atoms with van der Waals surface area (Å²) in [5, 5.41) is 2.13. The topological polar surface area (TPSA) is 32.8 Å². The molecule has 156 valence electrons. The first-order valence-electron chi connectivity index (χ1n) is 10.5. The lowest BCUT2D eigenvalue weighted by Crippen LogP contribution is -2.39. The molecule has 3 aromatic rings. The molecule has 3 aromatic carbocycles. The molecule has 0 aliphatic carbocycles. The van der Waals surface area contributed by atoms with Gasteiger partial charge in [0.05, 0.1) is 13.2 Å². The lowest BCUT2D eigenvalue weighted by molar-refractivity contribution is 0.0355. The second kappa shape index (κ2) is 9.83. The molecule has 1 fully saturated rings. The van der Waals surface area contributed by atoms with Crippen LogP contribution in [0.5, 0.6) is 0 Å². The van der Waals surface area contributed by atoms with E-state index >= 15 is 0 Å². The van der Waals surface area contributed by atoms with Crippen molar-refractivity contribution in [1.29, 1.82) is 0 Å². The SMILES string of the molecule is O=C(c1ccc2ccccc2c1)N(CCCN1CCOCC1)Cc1ccccc1F. The van der Waals surface area contributed by atoms with Gasteiger partial charge in [-0.1, -0.05) is 48.5 Å². The number of amides is 1. The van der Waals surface area contributed by atoms with Crippen molar-refractivity contribution in [2.45, 2.75) is 13.0 Å². The molecule has 0 unspecified atom stereocenters. The molecule has 0 aromatic heterocycles. The van der Waals surface area contributed by atoms with Gasteiger partial charge in [0.15, 0.2) is 0 Å². The highest BCUT2D eigenvalue weighted by Crippen LogP contribution is 2.19. The maximum atomic E-state index is 14.3. The van der Waals surface area contributed by atoms with Crippen molar-refractivity contribution >= 4 is 16.7 Å². The second-order valence-electron chi connectivity index (χ2n) is 7.69. The van der Waals surface area contributed by atoms with Crippen molar-refractivity contribution in [3.8, 4) is 0 Å². The van der Waals surface area contributed by atoms with Gasteiger partial charge in [-0.2, -0.15) is 0 Å². The summed E-state index contributed by atoms with van der Waals surface area (Å²) in [6.45, 7) is 5.11. The minimum Gasteiger partial charge on any atom is -0.379 e. The van der Waals surface area contributed by atoms with E-state index in [2.05, 4.69) is 4.90 Å². The van der Waals surface area contributed by atoms with Crippen molar-refractivity contribution < 1.29 is 13.9 Å². The largest absolute Gasteiger partial charge is 0.379 e. The summed E-state index contributed by atoms with van der Waals surface area (Å²) in [6, 6.07) is 20.4. The number of fused-ring (bicyclic) bond motifs is 1. The summed E-state index contributed by atoms with van der Waals surface area (Å²) in [7, 11) is 0. The number of carbonyl (C=O) groups excluding carboxylic acids is 1. The predicted octanol–water partition coefficient (Wildman–Crippen LogP) is 4.34. The van der Waals surface area contributed by atoms with Crippen LogP contribution in [-0.4, -0.2) is 55.1 Å². The maximum Gasteiger partial charge on any atom is 0.254 e. The monoisotopic (exact) mass is 406 g/mol. The zero-order valence-electron chi connectivity index (χ0n) is 17.1. The van der Waals surface area contributed by atoms with Crippen LogP contribution in [-0.2, 0) is 11.3 Å². The summed E-state index contributed by atoms with van der Waals surface area (Å²) in [5.41, 5.74) is 1.18. The number of halogens is 1. The quantitative estimate of drug-likeness (QED) is 0.585. The van der Waals surface area contributed by atoms with E-state index < -0.39 is 0 Å². The van der Waals surface area contributed by atoms with E-state index in [1.165, 1.54) is 6.07 Å². The number of hydrogen-bond acceptors (Lipinski definition) is 3. The van der Waals surface area contributed by atoms with Crippen LogP contribution in [0.2, 0.25) is 0 Å². The molecule has 0 spiro atoms. The second-order valence-corrected chi connectivity index (χ2v) is 7.69. The van der Waals surface area contributed by atoms with Crippen LogP contribution >= 0.6 is 0 Å². The Labute approximate surface area is 176 Å². The number of hydrogen-bond donors (Lipinski definition) is 0. The van der Waals surface area contributed by atoms with Crippen molar-refractivity contribution in [2.24, 2.45) is 0 Å². The summed E-state index contributed by atoms with van der Waals surface area (Å²) in [4.78, 5) is 17.5. The van der Waals surface area contributed by atoms with Gasteiger partial charge in [0.1, 0.15) is 5.82 Å². The first kappa shape index (κ1) is 20.5. The van der Waals surface area contributed by atoms with Crippen LogP contribution in [0.15, 0.2) is 66.7 Å². The minimum absolute atomic E-state index is 0.0639. The van der Waals surface area contributed by atoms with Gasteiger partial charge in [0.2, 0.25) is 0 Å². The molecule has 1 heterocycles. The van der Waals surface area contributed by atoms with Crippen molar-refractivity contribution in [3.63, 3.8) is 0 Å². The Morgan fingerprint density at radius 2 is 1.70 bits per heavy atom. The Hall–Kier alpha value is -2.76. The average Bonchev–Trinajstić information content (AvgIpc) is 2.79. The highest BCUT2D eigenvalue weighted by molar-refractivity contribution is 5.98. The molecular weight excluding hydrogens is 379 g/mol. The Balaban J connectivity index is 1.51. The number of rotatable bonds is 7. The molecule has 0 saturated carbocycles. The highest BCUT2D eigenvalue weighted by atomic mass is 19.1. The highest BCUT2D eigenvalue weighted by Gasteiger charge is 2.19. The van der Waals surface area contributed by atoms with Crippen molar-refractivity contribution in [1.82, 2.24) is 9.80 Å². The van der Waals surface area contributed by atoms with Crippen LogP contribution < -0.4 is 0 Å². The fourth-order valence-corrected chi connectivity index (χ4v) is 3.90. The van der Waals surface area contributed by atoms with Gasteiger partial charge in [0, 0.05) is 43.9 Å². The number of ether oxygens (including phenoxy) is 1. The Morgan fingerprint density at radius 3 is 2.50 bits per heavy atom. The number of benzene rings is 3. The van der Waals surface area contributed by atoms with Gasteiger partial charge >= 0.3 is 0 Å². The molecule has 0 radical (unpaired) electrons. The summed E-state index contributed by atoms with van der Waals surface area (Å²) in [6.07, 6.45) is 0.841. The van der Waals surface area contributed by atoms with Gasteiger partial charge in [-0.3, -0.25) is 9.69 Å². The number of morpholine rings is 1. The Bertz CT molecular complexity index is 1000. The van der Waals surface area contributed by atoms with Gasteiger partial charge in [0.25, 0.3) is 5.91 Å². The summed E-state index contributed by atoms with van der Waals surface area (Å²) < 4.78 is 19.7. The van der Waals surface area contributed by atoms with Crippen LogP contribution in [0.3, 0.4) is 0 Å². The summed E-state index contributed by atoms with van der Waals surface area (Å²) >= 11 is 0. The molecule has 0 N–H and O–H groups in total. The molecule has 1 aliphatic rings. The van der Waals surface area contributed by atoms with Gasteiger partial charge in [-0.25, -0.2) is 4.39 Å². The normalized spacial score (nSPS) is 14.7. The van der Waals surface area contributed by atoms with E-state index in [4.69, 9.17) is 4.74 Å². The fraction of sp³-hybridized carbons (Fsp3) is 0.320. The Kier molecular flexibility index (Phi) is 6.72. The van der Waals surface area contributed by atoms with Gasteiger partial charge in [-0.05, 0) is 35.4 Å². The van der Waals surface area contributed by atoms with E-state index in [0.717, 1.165) is 50.0 Å². The molecule has 4 rings (SSSR count). The number of nitrogens with zero attached hydrogens (tertiary/aromatic N) is 2. The molecule has 0 bridgehead atoms. The van der Waals surface area contributed by atoms with Crippen LogP contribution in [0.25, 0.3) is 10.8 Å². The number of carbonyl (C=O) groups is 1. The lowest BCUT2D eigenvalue weighted by Gasteiger charge is -2.28. The summed E-state index contributed by atoms with van der Waals surface area (Å²) in [5.74, 6) is -0.340. The van der Waals surface area contributed by atoms with E-state index in [1.807, 2.05) is 48.5 Å². The van der Waals surface area contributed by atoms with E-state index in [9.17, 15) is 9.18 Å². The fourth-order valence-electron chi connectivity index (χ4n) is 3.90. The molecule has 5 heteroatoms. The van der Waals surface area contributed by atoms with Crippen molar-refractivity contribution in [3.05, 3.63) is 83.7 Å². The van der Waals surface area contributed by atoms with Crippen LogP contribution in [0, 0.1) is 5.82 Å². The zero-order chi connectivity index (χ0) is 20.8. The molecule has 30 heavy (non-hydrogen) atoms.